The van der Waals surface area contributed by atoms with Gasteiger partial charge in [-0.25, -0.2) is 4.98 Å². The van der Waals surface area contributed by atoms with Crippen molar-refractivity contribution >= 4 is 11.7 Å². The number of carbonyl (C=O) groups is 1. The van der Waals surface area contributed by atoms with Crippen LogP contribution >= 0.6 is 0 Å². The zero-order valence-electron chi connectivity index (χ0n) is 19.5. The zero-order chi connectivity index (χ0) is 25.9. The molecule has 1 amide bonds. The Morgan fingerprint density at radius 1 is 1.06 bits per heavy atom. The lowest BCUT2D eigenvalue weighted by atomic mass is 10.0. The number of aromatic nitrogens is 3. The molecule has 0 aliphatic rings. The van der Waals surface area contributed by atoms with Crippen LogP contribution in [0.3, 0.4) is 0 Å². The fraction of sp³-hybridized carbons (Fsp3) is 0.148. The first kappa shape index (κ1) is 24.5. The maximum absolute atomic E-state index is 13.2. The van der Waals surface area contributed by atoms with E-state index in [9.17, 15) is 18.0 Å². The molecular formula is C27H22F3N5O. The highest BCUT2D eigenvalue weighted by Gasteiger charge is 2.32. The highest BCUT2D eigenvalue weighted by Crippen LogP contribution is 2.31. The number of amides is 1. The molecule has 2 aromatic heterocycles. The van der Waals surface area contributed by atoms with Crippen LogP contribution in [0.5, 0.6) is 0 Å². The van der Waals surface area contributed by atoms with E-state index in [2.05, 4.69) is 27.2 Å². The monoisotopic (exact) mass is 489 g/mol. The molecule has 4 aromatic rings. The van der Waals surface area contributed by atoms with E-state index < -0.39 is 17.6 Å². The first-order chi connectivity index (χ1) is 17.1. The molecule has 0 fully saturated rings. The normalized spacial score (nSPS) is 11.0. The van der Waals surface area contributed by atoms with Crippen molar-refractivity contribution in [1.82, 2.24) is 20.1 Å². The summed E-state index contributed by atoms with van der Waals surface area (Å²) in [7, 11) is 1.82. The van der Waals surface area contributed by atoms with Crippen LogP contribution in [0.25, 0.3) is 11.1 Å². The van der Waals surface area contributed by atoms with Crippen molar-refractivity contribution in [3.05, 3.63) is 101 Å². The lowest BCUT2D eigenvalue weighted by Crippen LogP contribution is -2.24. The van der Waals surface area contributed by atoms with E-state index in [1.54, 1.807) is 35.3 Å². The second-order valence-corrected chi connectivity index (χ2v) is 8.18. The third-order valence-electron chi connectivity index (χ3n) is 5.55. The topological polar surface area (TPSA) is 85.8 Å². The van der Waals surface area contributed by atoms with Crippen LogP contribution in [0, 0.1) is 18.8 Å². The number of nitrogens with zero attached hydrogens (tertiary/aromatic N) is 3. The Morgan fingerprint density at radius 3 is 2.53 bits per heavy atom. The van der Waals surface area contributed by atoms with Gasteiger partial charge in [0.25, 0.3) is 5.91 Å². The quantitative estimate of drug-likeness (QED) is 0.406. The predicted molar refractivity (Wildman–Crippen MR) is 131 cm³/mol. The average Bonchev–Trinajstić information content (AvgIpc) is 3.28. The number of rotatable bonds is 4. The number of carbonyl (C=O) groups excluding carboxylic acids is 1. The average molecular weight is 490 g/mol. The Balaban J connectivity index is 1.55. The van der Waals surface area contributed by atoms with Crippen molar-refractivity contribution in [3.8, 4) is 23.0 Å². The molecule has 2 aromatic carbocycles. The fourth-order valence-corrected chi connectivity index (χ4v) is 3.56. The molecule has 0 atom stereocenters. The Bertz CT molecular complexity index is 1500. The molecule has 2 heterocycles. The fourth-order valence-electron chi connectivity index (χ4n) is 3.56. The number of pyridine rings is 1. The van der Waals surface area contributed by atoms with E-state index >= 15 is 0 Å². The van der Waals surface area contributed by atoms with E-state index in [1.807, 2.05) is 26.2 Å². The molecule has 0 aliphatic carbocycles. The summed E-state index contributed by atoms with van der Waals surface area (Å²) < 4.78 is 41.3. The molecule has 0 spiro atoms. The van der Waals surface area contributed by atoms with E-state index in [1.165, 1.54) is 18.2 Å². The van der Waals surface area contributed by atoms with Crippen LogP contribution in [0.1, 0.15) is 38.2 Å². The molecular weight excluding hydrogens is 467 g/mol. The molecule has 36 heavy (non-hydrogen) atoms. The van der Waals surface area contributed by atoms with Crippen LogP contribution in [-0.2, 0) is 19.8 Å². The van der Waals surface area contributed by atoms with Gasteiger partial charge in [0.05, 0.1) is 17.3 Å². The Labute approximate surface area is 206 Å². The summed E-state index contributed by atoms with van der Waals surface area (Å²) in [5.74, 6) is 5.81. The molecule has 0 bridgehead atoms. The third-order valence-corrected chi connectivity index (χ3v) is 5.55. The Morgan fingerprint density at radius 2 is 1.81 bits per heavy atom. The lowest BCUT2D eigenvalue weighted by Gasteiger charge is -2.13. The van der Waals surface area contributed by atoms with Gasteiger partial charge in [0.2, 0.25) is 0 Å². The number of anilines is 1. The van der Waals surface area contributed by atoms with Gasteiger partial charge in [0.1, 0.15) is 5.82 Å². The maximum Gasteiger partial charge on any atom is 0.416 e. The summed E-state index contributed by atoms with van der Waals surface area (Å²) in [6.45, 7) is 1.59. The van der Waals surface area contributed by atoms with Crippen molar-refractivity contribution < 1.29 is 18.0 Å². The maximum atomic E-state index is 13.2. The van der Waals surface area contributed by atoms with Gasteiger partial charge >= 0.3 is 6.18 Å². The van der Waals surface area contributed by atoms with Gasteiger partial charge < -0.3 is 11.1 Å². The summed E-state index contributed by atoms with van der Waals surface area (Å²) in [6.07, 6.45) is 0.706. The smallest absolute Gasteiger partial charge is 0.383 e. The zero-order valence-corrected chi connectivity index (χ0v) is 19.5. The number of nitrogens with two attached hydrogens (primary N) is 1. The van der Waals surface area contributed by atoms with Gasteiger partial charge in [-0.2, -0.15) is 18.3 Å². The second kappa shape index (κ2) is 9.96. The molecule has 182 valence electrons. The summed E-state index contributed by atoms with van der Waals surface area (Å²) in [5.41, 5.74) is 9.13. The van der Waals surface area contributed by atoms with Crippen LogP contribution in [-0.4, -0.2) is 20.7 Å². The molecule has 3 N–H and O–H groups in total. The van der Waals surface area contributed by atoms with Gasteiger partial charge in [-0.1, -0.05) is 36.1 Å². The lowest BCUT2D eigenvalue weighted by molar-refractivity contribution is -0.138. The van der Waals surface area contributed by atoms with E-state index in [0.29, 0.717) is 11.1 Å². The molecule has 0 radical (unpaired) electrons. The highest BCUT2D eigenvalue weighted by molar-refractivity contribution is 5.94. The van der Waals surface area contributed by atoms with Crippen molar-refractivity contribution in [2.75, 3.05) is 5.73 Å². The first-order valence-corrected chi connectivity index (χ1v) is 10.9. The summed E-state index contributed by atoms with van der Waals surface area (Å²) >= 11 is 0. The van der Waals surface area contributed by atoms with Crippen LogP contribution in [0.4, 0.5) is 19.0 Å². The SMILES string of the molecule is Cc1ccc(C(=O)NCc2ccccc2C(F)(F)F)cc1C#Cc1cc(-c2cnn(C)c2)cnc1N. The van der Waals surface area contributed by atoms with Crippen molar-refractivity contribution in [2.45, 2.75) is 19.6 Å². The minimum Gasteiger partial charge on any atom is -0.383 e. The molecule has 6 nitrogen and oxygen atoms in total. The number of aryl methyl sites for hydroxylation is 2. The van der Waals surface area contributed by atoms with Crippen LogP contribution in [0.2, 0.25) is 0 Å². The largest absolute Gasteiger partial charge is 0.416 e. The molecule has 0 unspecified atom stereocenters. The van der Waals surface area contributed by atoms with Crippen LogP contribution < -0.4 is 11.1 Å². The summed E-state index contributed by atoms with van der Waals surface area (Å²) in [5, 5.41) is 6.72. The first-order valence-electron chi connectivity index (χ1n) is 10.9. The molecule has 0 saturated heterocycles. The molecule has 4 rings (SSSR count). The molecule has 9 heteroatoms. The number of halogens is 3. The van der Waals surface area contributed by atoms with E-state index in [0.717, 1.165) is 22.8 Å². The predicted octanol–water partition coefficient (Wildman–Crippen LogP) is 4.72. The Kier molecular flexibility index (Phi) is 6.79. The van der Waals surface area contributed by atoms with Gasteiger partial charge in [0, 0.05) is 48.2 Å². The summed E-state index contributed by atoms with van der Waals surface area (Å²) in [6, 6.07) is 11.9. The molecule has 0 saturated carbocycles. The second-order valence-electron chi connectivity index (χ2n) is 8.18. The van der Waals surface area contributed by atoms with Gasteiger partial charge in [-0.3, -0.25) is 9.48 Å². The van der Waals surface area contributed by atoms with Crippen molar-refractivity contribution in [1.29, 1.82) is 0 Å². The van der Waals surface area contributed by atoms with Crippen molar-refractivity contribution in [3.63, 3.8) is 0 Å². The van der Waals surface area contributed by atoms with E-state index in [4.69, 9.17) is 5.73 Å². The van der Waals surface area contributed by atoms with Crippen LogP contribution in [0.15, 0.2) is 67.1 Å². The number of hydrogen-bond acceptors (Lipinski definition) is 4. The van der Waals surface area contributed by atoms with Gasteiger partial charge in [-0.15, -0.1) is 0 Å². The number of nitrogen functional groups attached to an aromatic ring is 1. The number of hydrogen-bond donors (Lipinski definition) is 2. The van der Waals surface area contributed by atoms with Gasteiger partial charge in [-0.05, 0) is 42.3 Å². The highest BCUT2D eigenvalue weighted by atomic mass is 19.4. The minimum absolute atomic E-state index is 0.0121. The third kappa shape index (κ3) is 5.55. The summed E-state index contributed by atoms with van der Waals surface area (Å²) in [4.78, 5) is 16.9. The standard InChI is InChI=1S/C27H22F3N5O/c1-17-7-8-20(26(36)33-13-21-5-3-4-6-24(21)27(28,29)30)11-18(17)9-10-19-12-22(14-32-25(19)31)23-15-34-35(2)16-23/h3-8,11-12,14-16H,13H2,1-2H3,(H2,31,32)(H,33,36). The minimum atomic E-state index is -4.50. The van der Waals surface area contributed by atoms with E-state index in [-0.39, 0.29) is 23.5 Å². The van der Waals surface area contributed by atoms with Crippen molar-refractivity contribution in [2.24, 2.45) is 7.05 Å². The van der Waals surface area contributed by atoms with Gasteiger partial charge in [0.15, 0.2) is 0 Å². The number of benzene rings is 2. The molecule has 0 aliphatic heterocycles. The Hall–Kier alpha value is -4.58. The number of alkyl halides is 3. The number of nitrogens with one attached hydrogen (secondary N) is 1.